The van der Waals surface area contributed by atoms with Crippen LogP contribution in [-0.4, -0.2) is 25.6 Å². The molecule has 0 spiro atoms. The van der Waals surface area contributed by atoms with Gasteiger partial charge >= 0.3 is 6.18 Å². The van der Waals surface area contributed by atoms with Crippen molar-refractivity contribution in [3.8, 4) is 5.75 Å². The van der Waals surface area contributed by atoms with Crippen molar-refractivity contribution in [2.24, 2.45) is 5.92 Å². The Morgan fingerprint density at radius 2 is 2.16 bits per heavy atom. The van der Waals surface area contributed by atoms with Crippen LogP contribution in [0.25, 0.3) is 0 Å². The van der Waals surface area contributed by atoms with Crippen molar-refractivity contribution >= 4 is 27.8 Å². The fourth-order valence-electron chi connectivity index (χ4n) is 1.64. The monoisotopic (exact) mass is 294 g/mol. The van der Waals surface area contributed by atoms with Gasteiger partial charge in [-0.05, 0) is 12.8 Å². The third kappa shape index (κ3) is 3.12. The molecule has 1 aliphatic carbocycles. The van der Waals surface area contributed by atoms with E-state index < -0.39 is 12.7 Å². The van der Waals surface area contributed by atoms with Crippen LogP contribution in [-0.2, 0) is 0 Å². The summed E-state index contributed by atoms with van der Waals surface area (Å²) in [5.41, 5.74) is 5.88. The van der Waals surface area contributed by atoms with Gasteiger partial charge in [-0.1, -0.05) is 0 Å². The van der Waals surface area contributed by atoms with Gasteiger partial charge in [0.1, 0.15) is 11.5 Å². The Morgan fingerprint density at radius 3 is 2.63 bits per heavy atom. The first-order chi connectivity index (χ1) is 8.83. The summed E-state index contributed by atoms with van der Waals surface area (Å²) in [5.74, 6) is -0.0415. The highest BCUT2D eigenvalue weighted by molar-refractivity contribution is 7.19. The summed E-state index contributed by atoms with van der Waals surface area (Å²) in [4.78, 5) is 12.2. The van der Waals surface area contributed by atoms with E-state index in [9.17, 15) is 18.0 Å². The van der Waals surface area contributed by atoms with E-state index in [-0.39, 0.29) is 33.0 Å². The Kier molecular flexibility index (Phi) is 3.62. The fourth-order valence-corrected chi connectivity index (χ4v) is 2.75. The Bertz CT molecular complexity index is 495. The van der Waals surface area contributed by atoms with Gasteiger partial charge in [0, 0.05) is 5.92 Å². The van der Waals surface area contributed by atoms with Crippen molar-refractivity contribution in [1.82, 2.24) is 0 Å². The van der Waals surface area contributed by atoms with Crippen LogP contribution in [0.15, 0.2) is 0 Å². The molecule has 1 aliphatic rings. The summed E-state index contributed by atoms with van der Waals surface area (Å²) in [5, 5.41) is 2.36. The third-order valence-corrected chi connectivity index (χ3v) is 3.88. The number of carbonyl (C=O) groups excluding carboxylic acids is 1. The van der Waals surface area contributed by atoms with Crippen molar-refractivity contribution in [2.75, 3.05) is 24.7 Å². The molecule has 0 unspecified atom stereocenters. The second-order valence-corrected chi connectivity index (χ2v) is 5.34. The van der Waals surface area contributed by atoms with E-state index in [2.05, 4.69) is 5.32 Å². The highest BCUT2D eigenvalue weighted by Crippen LogP contribution is 2.46. The van der Waals surface area contributed by atoms with Gasteiger partial charge < -0.3 is 15.8 Å². The molecule has 106 valence electrons. The van der Waals surface area contributed by atoms with Gasteiger partial charge in [0.05, 0.1) is 17.7 Å². The van der Waals surface area contributed by atoms with Crippen LogP contribution in [0.5, 0.6) is 5.75 Å². The summed E-state index contributed by atoms with van der Waals surface area (Å²) < 4.78 is 41.5. The number of halogens is 3. The van der Waals surface area contributed by atoms with Crippen LogP contribution in [0.3, 0.4) is 0 Å². The summed E-state index contributed by atoms with van der Waals surface area (Å²) >= 11 is 0.917. The second-order valence-electron chi connectivity index (χ2n) is 4.31. The van der Waals surface area contributed by atoms with Crippen LogP contribution in [0, 0.1) is 5.92 Å². The molecule has 0 amide bonds. The second kappa shape index (κ2) is 4.92. The first-order valence-corrected chi connectivity index (χ1v) is 6.46. The minimum Gasteiger partial charge on any atom is -0.492 e. The first kappa shape index (κ1) is 14.0. The minimum absolute atomic E-state index is 0.0406. The van der Waals surface area contributed by atoms with Crippen LogP contribution >= 0.6 is 11.3 Å². The van der Waals surface area contributed by atoms with Gasteiger partial charge in [0.15, 0.2) is 11.5 Å². The van der Waals surface area contributed by atoms with E-state index in [1.165, 1.54) is 7.11 Å². The summed E-state index contributed by atoms with van der Waals surface area (Å²) in [6.45, 7) is -1.19. The number of hydrogen-bond donors (Lipinski definition) is 2. The van der Waals surface area contributed by atoms with Crippen LogP contribution in [0.2, 0.25) is 0 Å². The van der Waals surface area contributed by atoms with Crippen molar-refractivity contribution in [3.63, 3.8) is 0 Å². The van der Waals surface area contributed by atoms with Gasteiger partial charge in [0.2, 0.25) is 0 Å². The maximum absolute atomic E-state index is 12.2. The molecule has 1 fully saturated rings. The minimum atomic E-state index is -4.34. The number of hydrogen-bond acceptors (Lipinski definition) is 5. The van der Waals surface area contributed by atoms with Crippen molar-refractivity contribution < 1.29 is 22.7 Å². The number of alkyl halides is 3. The van der Waals surface area contributed by atoms with E-state index in [1.54, 1.807) is 0 Å². The van der Waals surface area contributed by atoms with Crippen LogP contribution < -0.4 is 15.8 Å². The zero-order chi connectivity index (χ0) is 14.2. The number of ether oxygens (including phenoxy) is 1. The molecule has 0 radical (unpaired) electrons. The van der Waals surface area contributed by atoms with Crippen molar-refractivity contribution in [1.29, 1.82) is 0 Å². The zero-order valence-corrected chi connectivity index (χ0v) is 11.0. The Labute approximate surface area is 111 Å². The van der Waals surface area contributed by atoms with Crippen molar-refractivity contribution in [3.05, 3.63) is 4.88 Å². The molecule has 3 N–H and O–H groups in total. The van der Waals surface area contributed by atoms with Crippen LogP contribution in [0.1, 0.15) is 22.5 Å². The molecule has 0 atom stereocenters. The Hall–Kier alpha value is -1.44. The summed E-state index contributed by atoms with van der Waals surface area (Å²) in [7, 11) is 1.31. The van der Waals surface area contributed by atoms with Gasteiger partial charge in [-0.15, -0.1) is 11.3 Å². The number of nitrogens with one attached hydrogen (secondary N) is 1. The van der Waals surface area contributed by atoms with Crippen LogP contribution in [0.4, 0.5) is 23.9 Å². The number of anilines is 2. The van der Waals surface area contributed by atoms with Gasteiger partial charge in [-0.3, -0.25) is 4.79 Å². The molecular weight excluding hydrogens is 281 g/mol. The van der Waals surface area contributed by atoms with Crippen molar-refractivity contribution in [2.45, 2.75) is 19.0 Å². The van der Waals surface area contributed by atoms with E-state index in [1.807, 2.05) is 0 Å². The summed E-state index contributed by atoms with van der Waals surface area (Å²) in [6, 6.07) is 0. The molecule has 1 saturated carbocycles. The number of rotatable bonds is 5. The number of Topliss-reactive ketones (excluding diaryl/α,β-unsaturated/α-hetero) is 1. The quantitative estimate of drug-likeness (QED) is 0.820. The first-order valence-electron chi connectivity index (χ1n) is 5.64. The lowest BCUT2D eigenvalue weighted by molar-refractivity contribution is -0.115. The molecule has 19 heavy (non-hydrogen) atoms. The molecule has 1 aromatic rings. The smallest absolute Gasteiger partial charge is 0.405 e. The lowest BCUT2D eigenvalue weighted by Crippen LogP contribution is -2.21. The highest BCUT2D eigenvalue weighted by atomic mass is 32.1. The SMILES string of the molecule is COc1c(NCC(F)(F)F)sc(C(=O)C2CC2)c1N. The average molecular weight is 294 g/mol. The fraction of sp³-hybridized carbons (Fsp3) is 0.545. The number of methoxy groups -OCH3 is 1. The predicted octanol–water partition coefficient (Wildman–Crippen LogP) is 2.91. The lowest BCUT2D eigenvalue weighted by Gasteiger charge is -2.09. The summed E-state index contributed by atoms with van der Waals surface area (Å²) in [6.07, 6.45) is -2.72. The molecule has 0 saturated heterocycles. The standard InChI is InChI=1S/C11H13F3N2O2S/c1-18-8-6(15)9(7(17)5-2-3-5)19-10(8)16-4-11(12,13)14/h5,16H,2-4,15H2,1H3. The number of thiophene rings is 1. The lowest BCUT2D eigenvalue weighted by atomic mass is 10.2. The van der Waals surface area contributed by atoms with E-state index in [0.717, 1.165) is 24.2 Å². The normalized spacial score (nSPS) is 15.4. The van der Waals surface area contributed by atoms with E-state index in [4.69, 9.17) is 10.5 Å². The molecule has 8 heteroatoms. The zero-order valence-electron chi connectivity index (χ0n) is 10.1. The molecule has 0 aliphatic heterocycles. The topological polar surface area (TPSA) is 64.3 Å². The number of nitrogen functional groups attached to an aromatic ring is 1. The molecule has 0 aromatic carbocycles. The predicted molar refractivity (Wildman–Crippen MR) is 66.9 cm³/mol. The Morgan fingerprint density at radius 1 is 1.53 bits per heavy atom. The Balaban J connectivity index is 2.22. The van der Waals surface area contributed by atoms with E-state index in [0.29, 0.717) is 0 Å². The molecule has 0 bridgehead atoms. The van der Waals surface area contributed by atoms with E-state index >= 15 is 0 Å². The van der Waals surface area contributed by atoms with Gasteiger partial charge in [-0.25, -0.2) is 0 Å². The third-order valence-electron chi connectivity index (χ3n) is 2.73. The molecule has 1 heterocycles. The molecule has 4 nitrogen and oxygen atoms in total. The average Bonchev–Trinajstić information content (AvgIpc) is 3.10. The number of carbonyl (C=O) groups is 1. The maximum atomic E-state index is 12.2. The molecule has 2 rings (SSSR count). The highest BCUT2D eigenvalue weighted by Gasteiger charge is 2.35. The van der Waals surface area contributed by atoms with Gasteiger partial charge in [0.25, 0.3) is 0 Å². The largest absolute Gasteiger partial charge is 0.492 e. The van der Waals surface area contributed by atoms with Gasteiger partial charge in [-0.2, -0.15) is 13.2 Å². The number of nitrogens with two attached hydrogens (primary N) is 1. The number of ketones is 1. The molecule has 1 aromatic heterocycles. The molecular formula is C11H13F3N2O2S. The maximum Gasteiger partial charge on any atom is 0.405 e.